The fraction of sp³-hybridized carbons (Fsp3) is 0.556. The summed E-state index contributed by atoms with van der Waals surface area (Å²) in [7, 11) is 0. The van der Waals surface area contributed by atoms with Gasteiger partial charge in [0, 0.05) is 18.0 Å². The summed E-state index contributed by atoms with van der Waals surface area (Å²) >= 11 is 0. The van der Waals surface area contributed by atoms with E-state index in [1.165, 1.54) is 19.3 Å². The number of nitrogens with zero attached hydrogens (tertiary/aromatic N) is 1. The number of amides is 1. The van der Waals surface area contributed by atoms with Gasteiger partial charge in [-0.2, -0.15) is 0 Å². The summed E-state index contributed by atoms with van der Waals surface area (Å²) in [6.45, 7) is 0.654. The highest BCUT2D eigenvalue weighted by molar-refractivity contribution is 5.84. The molecule has 130 valence electrons. The first-order valence-corrected chi connectivity index (χ1v) is 8.80. The maximum atomic E-state index is 12.2. The van der Waals surface area contributed by atoms with Gasteiger partial charge in [0.1, 0.15) is 12.3 Å². The van der Waals surface area contributed by atoms with Crippen molar-refractivity contribution in [3.8, 4) is 5.75 Å². The van der Waals surface area contributed by atoms with Crippen molar-refractivity contribution in [2.45, 2.75) is 50.6 Å². The molecule has 1 aromatic rings. The molecule has 0 spiro atoms. The molecule has 1 aromatic carbocycles. The summed E-state index contributed by atoms with van der Waals surface area (Å²) in [5.74, 6) is 1.09. The van der Waals surface area contributed by atoms with Crippen molar-refractivity contribution < 1.29 is 9.53 Å². The Labute approximate surface area is 142 Å². The lowest BCUT2D eigenvalue weighted by molar-refractivity contribution is -0.120. The summed E-state index contributed by atoms with van der Waals surface area (Å²) in [5, 5.41) is 6.25. The minimum atomic E-state index is -0.120. The van der Waals surface area contributed by atoms with Gasteiger partial charge >= 0.3 is 0 Å². The molecule has 1 fully saturated rings. The number of nitrogens with two attached hydrogens (primary N) is 1. The highest BCUT2D eigenvalue weighted by Gasteiger charge is 2.22. The number of benzene rings is 1. The number of nitrogens with one attached hydrogen (secondary N) is 2. The summed E-state index contributed by atoms with van der Waals surface area (Å²) in [6.07, 6.45) is 6.78. The topological polar surface area (TPSA) is 88.7 Å². The molecule has 1 aliphatic heterocycles. The molecule has 24 heavy (non-hydrogen) atoms. The number of guanidine groups is 1. The number of rotatable bonds is 4. The fourth-order valence-corrected chi connectivity index (χ4v) is 3.39. The van der Waals surface area contributed by atoms with Crippen LogP contribution in [-0.2, 0) is 4.79 Å². The maximum absolute atomic E-state index is 12.2. The van der Waals surface area contributed by atoms with Crippen molar-refractivity contribution in [2.24, 2.45) is 10.7 Å². The molecule has 0 radical (unpaired) electrons. The zero-order chi connectivity index (χ0) is 16.8. The largest absolute Gasteiger partial charge is 0.493 e. The average Bonchev–Trinajstić information content (AvgIpc) is 2.61. The zero-order valence-corrected chi connectivity index (χ0v) is 14.0. The number of hydrogen-bond donors (Lipinski definition) is 3. The van der Waals surface area contributed by atoms with E-state index in [4.69, 9.17) is 10.5 Å². The third-order valence-corrected chi connectivity index (χ3v) is 4.64. The standard InChI is InChI=1S/C18H26N4O2/c19-18(21-13-6-2-1-3-7-13)20-12-17(23)22-15-10-11-24-16-9-5-4-8-14(15)16/h4-5,8-9,13,15H,1-3,6-7,10-12H2,(H,22,23)(H3,19,20,21). The molecule has 0 bridgehead atoms. The first-order valence-electron chi connectivity index (χ1n) is 8.80. The van der Waals surface area contributed by atoms with Crippen LogP contribution >= 0.6 is 0 Å². The second kappa shape index (κ2) is 8.04. The molecule has 1 unspecified atom stereocenters. The second-order valence-electron chi connectivity index (χ2n) is 6.48. The predicted molar refractivity (Wildman–Crippen MR) is 93.9 cm³/mol. The Kier molecular flexibility index (Phi) is 5.56. The Morgan fingerprint density at radius 2 is 1.96 bits per heavy atom. The molecule has 1 heterocycles. The molecule has 2 aliphatic rings. The molecule has 1 atom stereocenters. The van der Waals surface area contributed by atoms with Gasteiger partial charge in [-0.1, -0.05) is 37.5 Å². The first kappa shape index (κ1) is 16.6. The van der Waals surface area contributed by atoms with E-state index in [9.17, 15) is 4.79 Å². The van der Waals surface area contributed by atoms with Crippen LogP contribution in [0.2, 0.25) is 0 Å². The van der Waals surface area contributed by atoms with Crippen LogP contribution in [0.5, 0.6) is 5.75 Å². The zero-order valence-electron chi connectivity index (χ0n) is 14.0. The Bertz CT molecular complexity index is 596. The maximum Gasteiger partial charge on any atom is 0.242 e. The first-order chi connectivity index (χ1) is 11.7. The highest BCUT2D eigenvalue weighted by atomic mass is 16.5. The summed E-state index contributed by atoms with van der Waals surface area (Å²) in [4.78, 5) is 16.4. The van der Waals surface area contributed by atoms with E-state index in [-0.39, 0.29) is 18.5 Å². The van der Waals surface area contributed by atoms with Gasteiger partial charge in [-0.05, 0) is 18.9 Å². The van der Waals surface area contributed by atoms with Gasteiger partial charge in [-0.15, -0.1) is 0 Å². The van der Waals surface area contributed by atoms with Crippen molar-refractivity contribution in [3.63, 3.8) is 0 Å². The normalized spacial score (nSPS) is 21.5. The van der Waals surface area contributed by atoms with Gasteiger partial charge in [0.15, 0.2) is 5.96 Å². The van der Waals surface area contributed by atoms with Crippen molar-refractivity contribution in [1.29, 1.82) is 0 Å². The monoisotopic (exact) mass is 330 g/mol. The lowest BCUT2D eigenvalue weighted by Crippen LogP contribution is -2.42. The van der Waals surface area contributed by atoms with E-state index in [0.717, 1.165) is 30.6 Å². The van der Waals surface area contributed by atoms with Crippen LogP contribution in [0.1, 0.15) is 50.1 Å². The molecule has 0 aromatic heterocycles. The van der Waals surface area contributed by atoms with Gasteiger partial charge < -0.3 is 21.1 Å². The molecule has 3 rings (SSSR count). The van der Waals surface area contributed by atoms with E-state index >= 15 is 0 Å². The summed E-state index contributed by atoms with van der Waals surface area (Å²) < 4.78 is 5.61. The quantitative estimate of drug-likeness (QED) is 0.581. The lowest BCUT2D eigenvalue weighted by Gasteiger charge is -2.26. The van der Waals surface area contributed by atoms with Crippen LogP contribution in [0, 0.1) is 0 Å². The SMILES string of the molecule is NC(=NCC(=O)NC1CCOc2ccccc21)NC1CCCCC1. The van der Waals surface area contributed by atoms with Crippen molar-refractivity contribution in [3.05, 3.63) is 29.8 Å². The van der Waals surface area contributed by atoms with Crippen LogP contribution in [-0.4, -0.2) is 31.1 Å². The second-order valence-corrected chi connectivity index (χ2v) is 6.48. The third kappa shape index (κ3) is 4.40. The van der Waals surface area contributed by atoms with Crippen molar-refractivity contribution in [1.82, 2.24) is 10.6 Å². The minimum Gasteiger partial charge on any atom is -0.493 e. The number of hydrogen-bond acceptors (Lipinski definition) is 3. The molecule has 1 amide bonds. The molecular weight excluding hydrogens is 304 g/mol. The predicted octanol–water partition coefficient (Wildman–Crippen LogP) is 1.86. The van der Waals surface area contributed by atoms with Gasteiger partial charge in [0.25, 0.3) is 0 Å². The van der Waals surface area contributed by atoms with Crippen LogP contribution in [0.15, 0.2) is 29.3 Å². The molecule has 1 saturated carbocycles. The Balaban J connectivity index is 1.50. The molecule has 6 heteroatoms. The number of carbonyl (C=O) groups is 1. The fourth-order valence-electron chi connectivity index (χ4n) is 3.39. The Hall–Kier alpha value is -2.24. The Morgan fingerprint density at radius 3 is 2.79 bits per heavy atom. The molecule has 0 saturated heterocycles. The number of fused-ring (bicyclic) bond motifs is 1. The molecule has 4 N–H and O–H groups in total. The number of ether oxygens (including phenoxy) is 1. The number of aliphatic imine (C=N–C) groups is 1. The minimum absolute atomic E-state index is 0.0230. The summed E-state index contributed by atoms with van der Waals surface area (Å²) in [6, 6.07) is 8.18. The van der Waals surface area contributed by atoms with Crippen LogP contribution in [0.4, 0.5) is 0 Å². The summed E-state index contributed by atoms with van der Waals surface area (Å²) in [5.41, 5.74) is 6.92. The van der Waals surface area contributed by atoms with Crippen molar-refractivity contribution >= 4 is 11.9 Å². The smallest absolute Gasteiger partial charge is 0.242 e. The third-order valence-electron chi connectivity index (χ3n) is 4.64. The van der Waals surface area contributed by atoms with E-state index in [0.29, 0.717) is 18.6 Å². The van der Waals surface area contributed by atoms with E-state index in [2.05, 4.69) is 15.6 Å². The van der Waals surface area contributed by atoms with E-state index in [1.54, 1.807) is 0 Å². The van der Waals surface area contributed by atoms with Crippen LogP contribution in [0.3, 0.4) is 0 Å². The van der Waals surface area contributed by atoms with Gasteiger partial charge in [-0.25, -0.2) is 4.99 Å². The average molecular weight is 330 g/mol. The van der Waals surface area contributed by atoms with Gasteiger partial charge in [0.05, 0.1) is 12.6 Å². The molecule has 6 nitrogen and oxygen atoms in total. The van der Waals surface area contributed by atoms with Crippen LogP contribution < -0.4 is 21.1 Å². The van der Waals surface area contributed by atoms with E-state index < -0.39 is 0 Å². The van der Waals surface area contributed by atoms with Gasteiger partial charge in [0.2, 0.25) is 5.91 Å². The lowest BCUT2D eigenvalue weighted by atomic mass is 9.96. The van der Waals surface area contributed by atoms with E-state index in [1.807, 2.05) is 24.3 Å². The molecule has 1 aliphatic carbocycles. The van der Waals surface area contributed by atoms with Crippen LogP contribution in [0.25, 0.3) is 0 Å². The number of para-hydroxylation sites is 1. The molecular formula is C18H26N4O2. The number of carbonyl (C=O) groups excluding carboxylic acids is 1. The van der Waals surface area contributed by atoms with Crippen molar-refractivity contribution in [2.75, 3.05) is 13.2 Å². The Morgan fingerprint density at radius 1 is 1.17 bits per heavy atom. The van der Waals surface area contributed by atoms with Gasteiger partial charge in [-0.3, -0.25) is 4.79 Å². The highest BCUT2D eigenvalue weighted by Crippen LogP contribution is 2.31.